The Balaban J connectivity index is 5.21. The van der Waals surface area contributed by atoms with Gasteiger partial charge in [-0.15, -0.1) is 0 Å². The first-order chi connectivity index (χ1) is 40.7. The molecule has 0 aliphatic heterocycles. The zero-order valence-corrected chi connectivity index (χ0v) is 55.7. The predicted molar refractivity (Wildman–Crippen MR) is 335 cm³/mol. The van der Waals surface area contributed by atoms with Crippen molar-refractivity contribution in [2.75, 3.05) is 39.6 Å². The number of aliphatic hydroxyl groups is 1. The molecule has 2 unspecified atom stereocenters. The Kier molecular flexibility index (Phi) is 58.6. The summed E-state index contributed by atoms with van der Waals surface area (Å²) in [5, 5.41) is 10.5. The Morgan fingerprint density at radius 1 is 0.286 bits per heavy atom. The zero-order valence-electron chi connectivity index (χ0n) is 53.9. The van der Waals surface area contributed by atoms with E-state index in [9.17, 15) is 43.2 Å². The average Bonchev–Trinajstić information content (AvgIpc) is 3.49. The van der Waals surface area contributed by atoms with Crippen molar-refractivity contribution >= 4 is 39.5 Å². The number of carbonyl (C=O) groups is 4. The molecule has 0 bridgehead atoms. The number of ether oxygens (including phenoxy) is 4. The molecule has 17 nitrogen and oxygen atoms in total. The van der Waals surface area contributed by atoms with Gasteiger partial charge in [-0.3, -0.25) is 37.3 Å². The second-order valence-corrected chi connectivity index (χ2v) is 26.4. The summed E-state index contributed by atoms with van der Waals surface area (Å²) in [6.45, 7) is 4.87. The van der Waals surface area contributed by atoms with Gasteiger partial charge in [0.15, 0.2) is 12.2 Å². The van der Waals surface area contributed by atoms with Crippen molar-refractivity contribution < 1.29 is 80.2 Å². The molecule has 0 spiro atoms. The third-order valence-electron chi connectivity index (χ3n) is 15.1. The highest BCUT2D eigenvalue weighted by atomic mass is 31.2. The lowest BCUT2D eigenvalue weighted by atomic mass is 10.0. The molecule has 3 N–H and O–H groups in total. The van der Waals surface area contributed by atoms with Gasteiger partial charge in [-0.05, 0) is 25.7 Å². The van der Waals surface area contributed by atoms with Crippen LogP contribution in [0.2, 0.25) is 0 Å². The molecule has 0 saturated carbocycles. The van der Waals surface area contributed by atoms with Crippen LogP contribution in [0.5, 0.6) is 0 Å². The fraction of sp³-hybridized carbons (Fsp3) is 0.938. The van der Waals surface area contributed by atoms with E-state index in [2.05, 4.69) is 27.7 Å². The minimum absolute atomic E-state index is 0.107. The largest absolute Gasteiger partial charge is 0.472 e. The van der Waals surface area contributed by atoms with Gasteiger partial charge < -0.3 is 33.8 Å². The van der Waals surface area contributed by atoms with E-state index in [-0.39, 0.29) is 25.7 Å². The molecule has 0 radical (unpaired) electrons. The number of carbonyl (C=O) groups excluding carboxylic acids is 4. The summed E-state index contributed by atoms with van der Waals surface area (Å²) in [4.78, 5) is 72.2. The molecule has 0 aromatic rings. The monoisotopic (exact) mass is 1240 g/mol. The summed E-state index contributed by atoms with van der Waals surface area (Å²) < 4.78 is 68.0. The number of hydrogen-bond acceptors (Lipinski definition) is 15. The summed E-state index contributed by atoms with van der Waals surface area (Å²) >= 11 is 0. The first-order valence-corrected chi connectivity index (χ1v) is 37.3. The van der Waals surface area contributed by atoms with Crippen LogP contribution in [0, 0.1) is 0 Å². The van der Waals surface area contributed by atoms with Crippen LogP contribution in [0.3, 0.4) is 0 Å². The Morgan fingerprint density at radius 2 is 0.476 bits per heavy atom. The third kappa shape index (κ3) is 59.0. The van der Waals surface area contributed by atoms with Crippen molar-refractivity contribution in [3.63, 3.8) is 0 Å². The zero-order chi connectivity index (χ0) is 61.9. The van der Waals surface area contributed by atoms with Crippen LogP contribution >= 0.6 is 15.6 Å². The number of rotatable bonds is 66. The van der Waals surface area contributed by atoms with Gasteiger partial charge in [0.2, 0.25) is 0 Å². The second-order valence-electron chi connectivity index (χ2n) is 23.5. The van der Waals surface area contributed by atoms with Crippen LogP contribution in [-0.4, -0.2) is 96.7 Å². The SMILES string of the molecule is CCCCCCCCCCCCCCCC(=O)OC[C@H](COP(=O)(O)OC[C@@H](O)COP(=O)(O)OC[C@@H](COC(=O)CCCCCCCCC)OC(=O)CCCCCCCCCCCCC)OC(=O)CCCCCCCCCCCCCCC. The molecular formula is C65H126O17P2. The van der Waals surface area contributed by atoms with E-state index < -0.39 is 97.5 Å². The first-order valence-electron chi connectivity index (χ1n) is 34.3. The lowest BCUT2D eigenvalue weighted by Gasteiger charge is -2.21. The second kappa shape index (κ2) is 60.0. The van der Waals surface area contributed by atoms with Crippen molar-refractivity contribution in [2.45, 2.75) is 354 Å². The van der Waals surface area contributed by atoms with Crippen molar-refractivity contribution in [3.05, 3.63) is 0 Å². The maximum atomic E-state index is 13.0. The molecule has 0 aliphatic rings. The standard InChI is InChI=1S/C65H126O17P2/c1-5-9-13-17-21-24-27-29-32-34-38-42-46-50-63(68)76-56-61(82-65(70)52-48-44-40-36-33-30-28-25-22-18-14-10-6-2)58-80-84(73,74)78-54-59(66)53-77-83(71,72)79-57-60(55-75-62(67)49-45-41-37-20-16-12-8-4)81-64(69)51-47-43-39-35-31-26-23-19-15-11-7-3/h59-61,66H,5-58H2,1-4H3,(H,71,72)(H,73,74)/t59-,60+,61+/m0/s1. The number of aliphatic hydroxyl groups excluding tert-OH is 1. The summed E-state index contributed by atoms with van der Waals surface area (Å²) in [7, 11) is -9.88. The molecule has 0 amide bonds. The summed E-state index contributed by atoms with van der Waals surface area (Å²) in [5.74, 6) is -2.13. The highest BCUT2D eigenvalue weighted by Crippen LogP contribution is 2.45. The van der Waals surface area contributed by atoms with E-state index in [1.165, 1.54) is 154 Å². The molecule has 0 aromatic carbocycles. The molecule has 5 atom stereocenters. The van der Waals surface area contributed by atoms with E-state index >= 15 is 0 Å². The molecule has 19 heteroatoms. The molecule has 0 aliphatic carbocycles. The van der Waals surface area contributed by atoms with Crippen LogP contribution in [0.4, 0.5) is 0 Å². The maximum absolute atomic E-state index is 13.0. The fourth-order valence-corrected chi connectivity index (χ4v) is 11.4. The molecule has 498 valence electrons. The van der Waals surface area contributed by atoms with Crippen LogP contribution in [0.1, 0.15) is 336 Å². The lowest BCUT2D eigenvalue weighted by molar-refractivity contribution is -0.161. The highest BCUT2D eigenvalue weighted by molar-refractivity contribution is 7.47. The Hall–Kier alpha value is -1.94. The number of hydrogen-bond donors (Lipinski definition) is 3. The molecular weight excluding hydrogens is 1110 g/mol. The maximum Gasteiger partial charge on any atom is 0.472 e. The van der Waals surface area contributed by atoms with E-state index in [0.29, 0.717) is 25.7 Å². The van der Waals surface area contributed by atoms with Gasteiger partial charge in [0.05, 0.1) is 26.4 Å². The van der Waals surface area contributed by atoms with Crippen molar-refractivity contribution in [3.8, 4) is 0 Å². The minimum atomic E-state index is -4.94. The number of phosphoric acid groups is 2. The lowest BCUT2D eigenvalue weighted by Crippen LogP contribution is -2.30. The topological polar surface area (TPSA) is 237 Å². The Labute approximate surface area is 511 Å². The number of phosphoric ester groups is 2. The Bertz CT molecular complexity index is 1620. The van der Waals surface area contributed by atoms with E-state index in [0.717, 1.165) is 103 Å². The van der Waals surface area contributed by atoms with Crippen molar-refractivity contribution in [1.29, 1.82) is 0 Å². The minimum Gasteiger partial charge on any atom is -0.462 e. The molecule has 0 aromatic heterocycles. The average molecular weight is 1240 g/mol. The summed E-state index contributed by atoms with van der Waals surface area (Å²) in [6, 6.07) is 0. The van der Waals surface area contributed by atoms with Gasteiger partial charge >= 0.3 is 39.5 Å². The van der Waals surface area contributed by atoms with Crippen molar-refractivity contribution in [2.24, 2.45) is 0 Å². The smallest absolute Gasteiger partial charge is 0.462 e. The van der Waals surface area contributed by atoms with Crippen LogP contribution in [0.25, 0.3) is 0 Å². The normalized spacial score (nSPS) is 14.1. The third-order valence-corrected chi connectivity index (χ3v) is 17.0. The fourth-order valence-electron chi connectivity index (χ4n) is 9.81. The van der Waals surface area contributed by atoms with E-state index in [1.807, 2.05) is 0 Å². The summed E-state index contributed by atoms with van der Waals surface area (Å²) in [5.41, 5.74) is 0. The first kappa shape index (κ1) is 82.1. The van der Waals surface area contributed by atoms with Crippen LogP contribution in [0.15, 0.2) is 0 Å². The van der Waals surface area contributed by atoms with Gasteiger partial charge in [-0.2, -0.15) is 0 Å². The Morgan fingerprint density at radius 3 is 0.702 bits per heavy atom. The van der Waals surface area contributed by atoms with Gasteiger partial charge in [0.25, 0.3) is 0 Å². The van der Waals surface area contributed by atoms with Crippen LogP contribution in [-0.2, 0) is 65.4 Å². The van der Waals surface area contributed by atoms with Gasteiger partial charge in [-0.25, -0.2) is 9.13 Å². The molecule has 0 rings (SSSR count). The van der Waals surface area contributed by atoms with E-state index in [4.69, 9.17) is 37.0 Å². The number of esters is 4. The molecule has 0 fully saturated rings. The quantitative estimate of drug-likeness (QED) is 0.0222. The molecule has 84 heavy (non-hydrogen) atoms. The summed E-state index contributed by atoms with van der Waals surface area (Å²) in [6.07, 6.45) is 45.7. The van der Waals surface area contributed by atoms with Gasteiger partial charge in [0, 0.05) is 25.7 Å². The predicted octanol–water partition coefficient (Wildman–Crippen LogP) is 18.3. The number of unbranched alkanes of at least 4 members (excludes halogenated alkanes) is 40. The van der Waals surface area contributed by atoms with Gasteiger partial charge in [-0.1, -0.05) is 285 Å². The molecule has 0 heterocycles. The van der Waals surface area contributed by atoms with E-state index in [1.54, 1.807) is 0 Å². The van der Waals surface area contributed by atoms with Gasteiger partial charge in [0.1, 0.15) is 19.3 Å². The molecule has 0 saturated heterocycles. The highest BCUT2D eigenvalue weighted by Gasteiger charge is 2.30. The van der Waals surface area contributed by atoms with Crippen LogP contribution < -0.4 is 0 Å². The van der Waals surface area contributed by atoms with Crippen molar-refractivity contribution in [1.82, 2.24) is 0 Å².